The van der Waals surface area contributed by atoms with Gasteiger partial charge in [-0.15, -0.1) is 0 Å². The van der Waals surface area contributed by atoms with Crippen molar-refractivity contribution in [3.05, 3.63) is 47.6 Å². The van der Waals surface area contributed by atoms with Gasteiger partial charge in [-0.1, -0.05) is 11.6 Å². The van der Waals surface area contributed by atoms with Crippen LogP contribution in [0, 0.1) is 0 Å². The van der Waals surface area contributed by atoms with Crippen LogP contribution in [0.25, 0.3) is 0 Å². The van der Waals surface area contributed by atoms with Gasteiger partial charge in [-0.25, -0.2) is 14.4 Å². The fourth-order valence-corrected chi connectivity index (χ4v) is 3.19. The van der Waals surface area contributed by atoms with E-state index < -0.39 is 6.17 Å². The van der Waals surface area contributed by atoms with Crippen LogP contribution in [-0.2, 0) is 6.54 Å². The van der Waals surface area contributed by atoms with Crippen LogP contribution in [0.4, 0.5) is 10.2 Å². The number of alkyl halides is 1. The first-order valence-electron chi connectivity index (χ1n) is 7.57. The fraction of sp³-hybridized carbons (Fsp3) is 0.438. The maximum absolute atomic E-state index is 13.9. The minimum Gasteiger partial charge on any atom is -0.349 e. The average Bonchev–Trinajstić information content (AvgIpc) is 2.91. The van der Waals surface area contributed by atoms with Crippen molar-refractivity contribution in [2.24, 2.45) is 0 Å². The van der Waals surface area contributed by atoms with E-state index in [2.05, 4.69) is 19.9 Å². The lowest BCUT2D eigenvalue weighted by molar-refractivity contribution is 0.289. The van der Waals surface area contributed by atoms with Crippen molar-refractivity contribution in [2.45, 2.75) is 25.2 Å². The number of aromatic nitrogens is 3. The molecule has 122 valence electrons. The van der Waals surface area contributed by atoms with E-state index in [9.17, 15) is 4.39 Å². The number of pyridine rings is 1. The standard InChI is InChI=1S/C16H19ClFN5/c1-22(8-12-2-4-19-7-15(12)17)10-14-6-13(18)9-23(14)16-3-5-20-11-21-16/h2-5,7,11,13-14H,6,8-10H2,1H3/t13-,14-/m0/s1. The monoisotopic (exact) mass is 335 g/mol. The molecule has 3 heterocycles. The molecular weight excluding hydrogens is 317 g/mol. The van der Waals surface area contributed by atoms with Crippen LogP contribution in [0.3, 0.4) is 0 Å². The summed E-state index contributed by atoms with van der Waals surface area (Å²) >= 11 is 6.16. The molecule has 0 spiro atoms. The highest BCUT2D eigenvalue weighted by Gasteiger charge is 2.33. The first-order valence-corrected chi connectivity index (χ1v) is 7.95. The minimum atomic E-state index is -0.826. The summed E-state index contributed by atoms with van der Waals surface area (Å²) in [6.07, 6.45) is 6.25. The van der Waals surface area contributed by atoms with Crippen LogP contribution in [0.1, 0.15) is 12.0 Å². The fourth-order valence-electron chi connectivity index (χ4n) is 3.01. The molecule has 2 aromatic heterocycles. The Balaban J connectivity index is 1.67. The number of nitrogens with zero attached hydrogens (tertiary/aromatic N) is 5. The van der Waals surface area contributed by atoms with Crippen molar-refractivity contribution in [3.8, 4) is 0 Å². The van der Waals surface area contributed by atoms with Gasteiger partial charge in [0.15, 0.2) is 0 Å². The lowest BCUT2D eigenvalue weighted by Gasteiger charge is -2.29. The van der Waals surface area contributed by atoms with Crippen LogP contribution in [0.15, 0.2) is 37.1 Å². The summed E-state index contributed by atoms with van der Waals surface area (Å²) in [5, 5.41) is 0.654. The zero-order chi connectivity index (χ0) is 16.2. The van der Waals surface area contributed by atoms with Crippen LogP contribution in [-0.4, -0.2) is 52.2 Å². The van der Waals surface area contributed by atoms with Crippen molar-refractivity contribution in [1.29, 1.82) is 0 Å². The molecule has 0 bridgehead atoms. The van der Waals surface area contributed by atoms with E-state index in [0.717, 1.165) is 17.9 Å². The molecule has 1 fully saturated rings. The van der Waals surface area contributed by atoms with E-state index in [4.69, 9.17) is 11.6 Å². The Morgan fingerprint density at radius 3 is 2.91 bits per heavy atom. The summed E-state index contributed by atoms with van der Waals surface area (Å²) in [5.41, 5.74) is 1.02. The lowest BCUT2D eigenvalue weighted by atomic mass is 10.2. The van der Waals surface area contributed by atoms with Gasteiger partial charge in [-0.2, -0.15) is 0 Å². The molecule has 1 aliphatic rings. The SMILES string of the molecule is CN(Cc1ccncc1Cl)C[C@@H]1C[C@H](F)CN1c1ccncn1. The average molecular weight is 336 g/mol. The third-order valence-corrected chi connectivity index (χ3v) is 4.38. The molecule has 0 aliphatic carbocycles. The smallest absolute Gasteiger partial charge is 0.132 e. The largest absolute Gasteiger partial charge is 0.349 e. The highest BCUT2D eigenvalue weighted by Crippen LogP contribution is 2.26. The summed E-state index contributed by atoms with van der Waals surface area (Å²) in [5.74, 6) is 0.778. The molecule has 5 nitrogen and oxygen atoms in total. The molecule has 23 heavy (non-hydrogen) atoms. The first kappa shape index (κ1) is 16.1. The Morgan fingerprint density at radius 2 is 2.17 bits per heavy atom. The maximum atomic E-state index is 13.9. The highest BCUT2D eigenvalue weighted by atomic mass is 35.5. The second-order valence-corrected chi connectivity index (χ2v) is 6.28. The minimum absolute atomic E-state index is 0.0884. The van der Waals surface area contributed by atoms with E-state index in [-0.39, 0.29) is 6.04 Å². The van der Waals surface area contributed by atoms with E-state index in [1.165, 1.54) is 6.33 Å². The molecule has 0 saturated carbocycles. The van der Waals surface area contributed by atoms with Gasteiger partial charge in [0, 0.05) is 44.1 Å². The molecule has 1 saturated heterocycles. The second kappa shape index (κ2) is 7.19. The third-order valence-electron chi connectivity index (χ3n) is 4.04. The molecular formula is C16H19ClFN5. The molecule has 0 N–H and O–H groups in total. The summed E-state index contributed by atoms with van der Waals surface area (Å²) < 4.78 is 13.9. The predicted octanol–water partition coefficient (Wildman–Crippen LogP) is 2.57. The molecule has 0 amide bonds. The first-order chi connectivity index (χ1) is 11.1. The van der Waals surface area contributed by atoms with Crippen molar-refractivity contribution in [1.82, 2.24) is 19.9 Å². The Hall–Kier alpha value is -1.79. The second-order valence-electron chi connectivity index (χ2n) is 5.87. The number of halogens is 2. The van der Waals surface area contributed by atoms with Crippen LogP contribution < -0.4 is 4.90 Å². The van der Waals surface area contributed by atoms with Crippen LogP contribution in [0.2, 0.25) is 5.02 Å². The van der Waals surface area contributed by atoms with E-state index >= 15 is 0 Å². The Kier molecular flexibility index (Phi) is 5.03. The molecule has 7 heteroatoms. The van der Waals surface area contributed by atoms with Gasteiger partial charge in [0.25, 0.3) is 0 Å². The van der Waals surface area contributed by atoms with E-state index in [0.29, 0.717) is 24.5 Å². The lowest BCUT2D eigenvalue weighted by Crippen LogP contribution is -2.39. The summed E-state index contributed by atoms with van der Waals surface area (Å²) in [6.45, 7) is 1.82. The third kappa shape index (κ3) is 3.95. The summed E-state index contributed by atoms with van der Waals surface area (Å²) in [6, 6.07) is 3.82. The van der Waals surface area contributed by atoms with Gasteiger partial charge in [0.05, 0.1) is 11.6 Å². The highest BCUT2D eigenvalue weighted by molar-refractivity contribution is 6.31. The maximum Gasteiger partial charge on any atom is 0.132 e. The topological polar surface area (TPSA) is 45.2 Å². The zero-order valence-electron chi connectivity index (χ0n) is 12.9. The van der Waals surface area contributed by atoms with Crippen molar-refractivity contribution >= 4 is 17.4 Å². The molecule has 1 aliphatic heterocycles. The quantitative estimate of drug-likeness (QED) is 0.840. The molecule has 0 radical (unpaired) electrons. The van der Waals surface area contributed by atoms with Crippen LogP contribution in [0.5, 0.6) is 0 Å². The van der Waals surface area contributed by atoms with Crippen LogP contribution >= 0.6 is 11.6 Å². The van der Waals surface area contributed by atoms with Gasteiger partial charge >= 0.3 is 0 Å². The van der Waals surface area contributed by atoms with Crippen molar-refractivity contribution in [3.63, 3.8) is 0 Å². The summed E-state index contributed by atoms with van der Waals surface area (Å²) in [4.78, 5) is 16.3. The number of hydrogen-bond acceptors (Lipinski definition) is 5. The Morgan fingerprint density at radius 1 is 1.35 bits per heavy atom. The molecule has 2 atom stereocenters. The van der Waals surface area contributed by atoms with E-state index in [1.54, 1.807) is 18.6 Å². The molecule has 0 unspecified atom stereocenters. The number of anilines is 1. The van der Waals surface area contributed by atoms with Crippen molar-refractivity contribution in [2.75, 3.05) is 25.0 Å². The Labute approximate surface area is 140 Å². The van der Waals surface area contributed by atoms with Gasteiger partial charge in [-0.05, 0) is 24.7 Å². The van der Waals surface area contributed by atoms with Crippen molar-refractivity contribution < 1.29 is 4.39 Å². The molecule has 2 aromatic rings. The Bertz CT molecular complexity index is 641. The van der Waals surface area contributed by atoms with E-state index in [1.807, 2.05) is 24.1 Å². The molecule has 0 aromatic carbocycles. The normalized spacial score (nSPS) is 21.1. The van der Waals surface area contributed by atoms with Gasteiger partial charge in [0.1, 0.15) is 18.3 Å². The molecule has 3 rings (SSSR count). The number of likely N-dealkylation sites (N-methyl/N-ethyl adjacent to an activating group) is 1. The zero-order valence-corrected chi connectivity index (χ0v) is 13.7. The van der Waals surface area contributed by atoms with Gasteiger partial charge in [-0.3, -0.25) is 4.98 Å². The van der Waals surface area contributed by atoms with Gasteiger partial charge in [0.2, 0.25) is 0 Å². The predicted molar refractivity (Wildman–Crippen MR) is 88.3 cm³/mol. The number of rotatable bonds is 5. The summed E-state index contributed by atoms with van der Waals surface area (Å²) in [7, 11) is 2.01. The van der Waals surface area contributed by atoms with Gasteiger partial charge < -0.3 is 9.80 Å². The number of hydrogen-bond donors (Lipinski definition) is 0.